The summed E-state index contributed by atoms with van der Waals surface area (Å²) >= 11 is 3.47. The SMILES string of the molecule is Cc1c(Br)cccc1NC(=O)c1ccc2c(c1)CCN2. The molecular formula is C16H15BrN2O. The molecule has 0 spiro atoms. The van der Waals surface area contributed by atoms with Crippen LogP contribution in [0.3, 0.4) is 0 Å². The summed E-state index contributed by atoms with van der Waals surface area (Å²) < 4.78 is 0.994. The van der Waals surface area contributed by atoms with Crippen molar-refractivity contribution in [3.8, 4) is 0 Å². The molecule has 4 heteroatoms. The van der Waals surface area contributed by atoms with Crippen LogP contribution in [0.15, 0.2) is 40.9 Å². The van der Waals surface area contributed by atoms with E-state index in [-0.39, 0.29) is 5.91 Å². The van der Waals surface area contributed by atoms with Gasteiger partial charge in [0, 0.05) is 28.0 Å². The van der Waals surface area contributed by atoms with E-state index in [0.29, 0.717) is 5.56 Å². The van der Waals surface area contributed by atoms with Crippen molar-refractivity contribution < 1.29 is 4.79 Å². The highest BCUT2D eigenvalue weighted by atomic mass is 79.9. The first kappa shape index (κ1) is 13.2. The molecule has 3 nitrogen and oxygen atoms in total. The van der Waals surface area contributed by atoms with E-state index in [4.69, 9.17) is 0 Å². The van der Waals surface area contributed by atoms with Crippen molar-refractivity contribution in [1.82, 2.24) is 0 Å². The van der Waals surface area contributed by atoms with Gasteiger partial charge in [-0.15, -0.1) is 0 Å². The Morgan fingerprint density at radius 1 is 1.30 bits per heavy atom. The molecule has 0 bridgehead atoms. The number of rotatable bonds is 2. The second kappa shape index (κ2) is 5.29. The first-order valence-electron chi connectivity index (χ1n) is 6.58. The zero-order chi connectivity index (χ0) is 14.1. The van der Waals surface area contributed by atoms with Crippen molar-refractivity contribution in [3.05, 3.63) is 57.6 Å². The van der Waals surface area contributed by atoms with Crippen LogP contribution < -0.4 is 10.6 Å². The van der Waals surface area contributed by atoms with E-state index in [1.54, 1.807) is 0 Å². The van der Waals surface area contributed by atoms with Crippen LogP contribution in [0.4, 0.5) is 11.4 Å². The number of fused-ring (bicyclic) bond motifs is 1. The fourth-order valence-electron chi connectivity index (χ4n) is 2.38. The quantitative estimate of drug-likeness (QED) is 0.874. The Hall–Kier alpha value is -1.81. The summed E-state index contributed by atoms with van der Waals surface area (Å²) in [6.07, 6.45) is 0.979. The minimum absolute atomic E-state index is 0.0686. The predicted octanol–water partition coefficient (Wildman–Crippen LogP) is 3.98. The van der Waals surface area contributed by atoms with Gasteiger partial charge < -0.3 is 10.6 Å². The molecule has 2 aromatic rings. The minimum atomic E-state index is -0.0686. The van der Waals surface area contributed by atoms with Crippen LogP contribution in [-0.4, -0.2) is 12.5 Å². The fourth-order valence-corrected chi connectivity index (χ4v) is 2.75. The van der Waals surface area contributed by atoms with E-state index in [9.17, 15) is 4.79 Å². The monoisotopic (exact) mass is 330 g/mol. The first-order chi connectivity index (χ1) is 9.65. The van der Waals surface area contributed by atoms with Crippen molar-refractivity contribution in [2.75, 3.05) is 17.2 Å². The number of hydrogen-bond acceptors (Lipinski definition) is 2. The molecule has 0 saturated carbocycles. The Bertz CT molecular complexity index is 682. The van der Waals surface area contributed by atoms with Crippen LogP contribution in [-0.2, 0) is 6.42 Å². The molecule has 2 aromatic carbocycles. The summed E-state index contributed by atoms with van der Waals surface area (Å²) in [5, 5.41) is 6.26. The molecule has 20 heavy (non-hydrogen) atoms. The lowest BCUT2D eigenvalue weighted by Crippen LogP contribution is -2.13. The highest BCUT2D eigenvalue weighted by molar-refractivity contribution is 9.10. The highest BCUT2D eigenvalue weighted by Crippen LogP contribution is 2.26. The Morgan fingerprint density at radius 3 is 3.00 bits per heavy atom. The maximum Gasteiger partial charge on any atom is 0.255 e. The lowest BCUT2D eigenvalue weighted by molar-refractivity contribution is 0.102. The van der Waals surface area contributed by atoms with Gasteiger partial charge in [0.1, 0.15) is 0 Å². The zero-order valence-corrected chi connectivity index (χ0v) is 12.8. The van der Waals surface area contributed by atoms with Crippen molar-refractivity contribution >= 4 is 33.2 Å². The minimum Gasteiger partial charge on any atom is -0.384 e. The number of hydrogen-bond donors (Lipinski definition) is 2. The van der Waals surface area contributed by atoms with Gasteiger partial charge in [-0.1, -0.05) is 22.0 Å². The van der Waals surface area contributed by atoms with Crippen LogP contribution in [0.5, 0.6) is 0 Å². The molecule has 0 aromatic heterocycles. The van der Waals surface area contributed by atoms with Gasteiger partial charge in [-0.25, -0.2) is 0 Å². The van der Waals surface area contributed by atoms with Crippen LogP contribution >= 0.6 is 15.9 Å². The maximum absolute atomic E-state index is 12.3. The predicted molar refractivity (Wildman–Crippen MR) is 85.5 cm³/mol. The standard InChI is InChI=1S/C16H15BrN2O/c1-10-13(17)3-2-4-14(10)19-16(20)12-5-6-15-11(9-12)7-8-18-15/h2-6,9,18H,7-8H2,1H3,(H,19,20). The summed E-state index contributed by atoms with van der Waals surface area (Å²) in [5.74, 6) is -0.0686. The van der Waals surface area contributed by atoms with E-state index in [0.717, 1.165) is 34.4 Å². The summed E-state index contributed by atoms with van der Waals surface area (Å²) in [4.78, 5) is 12.3. The van der Waals surface area contributed by atoms with Crippen LogP contribution in [0.1, 0.15) is 21.5 Å². The number of benzene rings is 2. The van der Waals surface area contributed by atoms with Crippen LogP contribution in [0.2, 0.25) is 0 Å². The van der Waals surface area contributed by atoms with Gasteiger partial charge in [-0.3, -0.25) is 4.79 Å². The van der Waals surface area contributed by atoms with Gasteiger partial charge in [0.15, 0.2) is 0 Å². The number of halogens is 1. The Morgan fingerprint density at radius 2 is 2.15 bits per heavy atom. The van der Waals surface area contributed by atoms with Crippen LogP contribution in [0.25, 0.3) is 0 Å². The summed E-state index contributed by atoms with van der Waals surface area (Å²) in [6, 6.07) is 11.6. The van der Waals surface area contributed by atoms with E-state index >= 15 is 0 Å². The highest BCUT2D eigenvalue weighted by Gasteiger charge is 2.14. The summed E-state index contributed by atoms with van der Waals surface area (Å²) in [6.45, 7) is 2.93. The average Bonchev–Trinajstić information content (AvgIpc) is 2.91. The van der Waals surface area contributed by atoms with E-state index < -0.39 is 0 Å². The molecule has 1 heterocycles. The van der Waals surface area contributed by atoms with Gasteiger partial charge in [0.2, 0.25) is 0 Å². The summed E-state index contributed by atoms with van der Waals surface area (Å²) in [7, 11) is 0. The lowest BCUT2D eigenvalue weighted by atomic mass is 10.1. The molecule has 0 radical (unpaired) electrons. The Kier molecular flexibility index (Phi) is 3.49. The van der Waals surface area contributed by atoms with E-state index in [1.807, 2.05) is 43.3 Å². The smallest absolute Gasteiger partial charge is 0.255 e. The van der Waals surface area contributed by atoms with Gasteiger partial charge in [0.05, 0.1) is 0 Å². The van der Waals surface area contributed by atoms with Gasteiger partial charge in [0.25, 0.3) is 5.91 Å². The largest absolute Gasteiger partial charge is 0.384 e. The Balaban J connectivity index is 1.84. The Labute approximate surface area is 126 Å². The normalized spacial score (nSPS) is 12.7. The molecule has 1 amide bonds. The van der Waals surface area contributed by atoms with Crippen LogP contribution in [0, 0.1) is 6.92 Å². The molecule has 0 aliphatic carbocycles. The second-order valence-electron chi connectivity index (χ2n) is 4.92. The number of carbonyl (C=O) groups is 1. The topological polar surface area (TPSA) is 41.1 Å². The fraction of sp³-hybridized carbons (Fsp3) is 0.188. The van der Waals surface area contributed by atoms with Crippen molar-refractivity contribution in [1.29, 1.82) is 0 Å². The van der Waals surface area contributed by atoms with E-state index in [1.165, 1.54) is 5.56 Å². The molecule has 102 valence electrons. The molecule has 0 saturated heterocycles. The van der Waals surface area contributed by atoms with Gasteiger partial charge in [-0.2, -0.15) is 0 Å². The first-order valence-corrected chi connectivity index (χ1v) is 7.38. The van der Waals surface area contributed by atoms with E-state index in [2.05, 4.69) is 26.6 Å². The molecule has 0 unspecified atom stereocenters. The summed E-state index contributed by atoms with van der Waals surface area (Å²) in [5.41, 5.74) is 4.92. The number of amides is 1. The third-order valence-corrected chi connectivity index (χ3v) is 4.45. The second-order valence-corrected chi connectivity index (χ2v) is 5.77. The maximum atomic E-state index is 12.3. The van der Waals surface area contributed by atoms with Gasteiger partial charge in [-0.05, 0) is 54.8 Å². The zero-order valence-electron chi connectivity index (χ0n) is 11.2. The van der Waals surface area contributed by atoms with Crippen molar-refractivity contribution in [2.24, 2.45) is 0 Å². The molecule has 0 fully saturated rings. The molecule has 1 aliphatic heterocycles. The van der Waals surface area contributed by atoms with Crippen molar-refractivity contribution in [2.45, 2.75) is 13.3 Å². The third-order valence-electron chi connectivity index (χ3n) is 3.59. The molecule has 2 N–H and O–H groups in total. The average molecular weight is 331 g/mol. The number of anilines is 2. The van der Waals surface area contributed by atoms with Gasteiger partial charge >= 0.3 is 0 Å². The lowest BCUT2D eigenvalue weighted by Gasteiger charge is -2.10. The third kappa shape index (κ3) is 2.43. The molecular weight excluding hydrogens is 316 g/mol. The molecule has 1 aliphatic rings. The molecule has 0 atom stereocenters. The number of nitrogens with one attached hydrogen (secondary N) is 2. The van der Waals surface area contributed by atoms with Crippen molar-refractivity contribution in [3.63, 3.8) is 0 Å². The number of carbonyl (C=O) groups excluding carboxylic acids is 1. The molecule has 3 rings (SSSR count).